The Morgan fingerprint density at radius 1 is 1.13 bits per heavy atom. The Hall–Kier alpha value is -3.35. The van der Waals surface area contributed by atoms with Crippen molar-refractivity contribution in [3.8, 4) is 11.4 Å². The van der Waals surface area contributed by atoms with Crippen LogP contribution in [0.2, 0.25) is 0 Å². The van der Waals surface area contributed by atoms with Crippen LogP contribution < -0.4 is 10.4 Å². The van der Waals surface area contributed by atoms with Crippen molar-refractivity contribution >= 4 is 5.91 Å². The largest absolute Gasteiger partial charge is 0.493 e. The lowest BCUT2D eigenvalue weighted by molar-refractivity contribution is 0.0685. The maximum Gasteiger partial charge on any atom is 0.347 e. The number of aryl methyl sites for hydroxylation is 1. The Bertz CT molecular complexity index is 1110. The molecule has 0 aliphatic carbocycles. The van der Waals surface area contributed by atoms with E-state index >= 15 is 0 Å². The number of hydrogen-bond acceptors (Lipinski definition) is 4. The van der Waals surface area contributed by atoms with E-state index < -0.39 is 0 Å². The Labute approximate surface area is 181 Å². The number of ether oxygens (including phenoxy) is 1. The van der Waals surface area contributed by atoms with Crippen LogP contribution in [0.4, 0.5) is 0 Å². The Morgan fingerprint density at radius 3 is 2.58 bits per heavy atom. The molecule has 2 aromatic carbocycles. The third kappa shape index (κ3) is 4.40. The van der Waals surface area contributed by atoms with Crippen molar-refractivity contribution in [1.82, 2.24) is 19.7 Å². The number of carbonyl (C=O) groups excluding carboxylic acids is 1. The highest BCUT2D eigenvalue weighted by Gasteiger charge is 2.27. The van der Waals surface area contributed by atoms with Crippen LogP contribution >= 0.6 is 0 Å². The fourth-order valence-electron chi connectivity index (χ4n) is 4.22. The van der Waals surface area contributed by atoms with Gasteiger partial charge in [-0.25, -0.2) is 14.5 Å². The standard InChI is InChI=1S/C24H28N4O3/c1-3-31-21-11-7-5-9-19(21)23(29)27-14-12-18(13-15-27)16-22-25-26-24(30)28(22)20-10-6-4-8-17(20)2/h4-11,18H,3,12-16H2,1-2H3,(H,26,30). The number of amides is 1. The van der Waals surface area contributed by atoms with E-state index in [0.29, 0.717) is 43.3 Å². The van der Waals surface area contributed by atoms with Gasteiger partial charge in [0, 0.05) is 19.5 Å². The Kier molecular flexibility index (Phi) is 6.21. The van der Waals surface area contributed by atoms with Crippen LogP contribution in [0.1, 0.15) is 41.5 Å². The van der Waals surface area contributed by atoms with Gasteiger partial charge in [0.15, 0.2) is 0 Å². The first-order chi connectivity index (χ1) is 15.1. The molecule has 31 heavy (non-hydrogen) atoms. The van der Waals surface area contributed by atoms with Crippen LogP contribution in [-0.2, 0) is 6.42 Å². The highest BCUT2D eigenvalue weighted by atomic mass is 16.5. The smallest absolute Gasteiger partial charge is 0.347 e. The predicted molar refractivity (Wildman–Crippen MR) is 119 cm³/mol. The molecule has 0 spiro atoms. The predicted octanol–water partition coefficient (Wildman–Crippen LogP) is 3.36. The normalized spacial score (nSPS) is 14.6. The summed E-state index contributed by atoms with van der Waals surface area (Å²) in [4.78, 5) is 27.3. The average Bonchev–Trinajstić information content (AvgIpc) is 3.14. The van der Waals surface area contributed by atoms with E-state index in [4.69, 9.17) is 4.74 Å². The molecule has 4 rings (SSSR count). The van der Waals surface area contributed by atoms with Crippen molar-refractivity contribution in [1.29, 1.82) is 0 Å². The van der Waals surface area contributed by atoms with Gasteiger partial charge in [-0.15, -0.1) is 0 Å². The number of H-pyrrole nitrogens is 1. The van der Waals surface area contributed by atoms with Crippen LogP contribution in [0, 0.1) is 12.8 Å². The fraction of sp³-hybridized carbons (Fsp3) is 0.375. The van der Waals surface area contributed by atoms with Crippen LogP contribution in [0.3, 0.4) is 0 Å². The molecular weight excluding hydrogens is 392 g/mol. The summed E-state index contributed by atoms with van der Waals surface area (Å²) in [6, 6.07) is 15.2. The highest BCUT2D eigenvalue weighted by molar-refractivity contribution is 5.97. The highest BCUT2D eigenvalue weighted by Crippen LogP contribution is 2.26. The topological polar surface area (TPSA) is 80.2 Å². The summed E-state index contributed by atoms with van der Waals surface area (Å²) in [5.41, 5.74) is 2.28. The second-order valence-electron chi connectivity index (χ2n) is 7.94. The van der Waals surface area contributed by atoms with E-state index in [1.807, 2.05) is 67.3 Å². The molecule has 1 amide bonds. The molecule has 1 fully saturated rings. The zero-order valence-electron chi connectivity index (χ0n) is 18.0. The van der Waals surface area contributed by atoms with Gasteiger partial charge in [0.1, 0.15) is 11.6 Å². The minimum atomic E-state index is -0.218. The number of nitrogens with one attached hydrogen (secondary N) is 1. The monoisotopic (exact) mass is 420 g/mol. The minimum absolute atomic E-state index is 0.0130. The molecule has 7 nitrogen and oxygen atoms in total. The van der Waals surface area contributed by atoms with Gasteiger partial charge in [-0.05, 0) is 56.4 Å². The van der Waals surface area contributed by atoms with Crippen molar-refractivity contribution in [3.05, 3.63) is 76.0 Å². The van der Waals surface area contributed by atoms with E-state index in [1.54, 1.807) is 4.57 Å². The van der Waals surface area contributed by atoms with E-state index in [0.717, 1.165) is 29.9 Å². The molecule has 0 unspecified atom stereocenters. The summed E-state index contributed by atoms with van der Waals surface area (Å²) in [5, 5.41) is 6.89. The number of carbonyl (C=O) groups is 1. The first kappa shape index (κ1) is 20.9. The lowest BCUT2D eigenvalue weighted by Crippen LogP contribution is -2.39. The van der Waals surface area contributed by atoms with Crippen molar-refractivity contribution < 1.29 is 9.53 Å². The number of nitrogens with zero attached hydrogens (tertiary/aromatic N) is 3. The number of piperidine rings is 1. The van der Waals surface area contributed by atoms with Crippen molar-refractivity contribution in [2.45, 2.75) is 33.1 Å². The van der Waals surface area contributed by atoms with Crippen LogP contribution in [-0.4, -0.2) is 45.3 Å². The van der Waals surface area contributed by atoms with Crippen LogP contribution in [0.25, 0.3) is 5.69 Å². The summed E-state index contributed by atoms with van der Waals surface area (Å²) >= 11 is 0. The number of rotatable bonds is 6. The molecule has 1 aromatic heterocycles. The van der Waals surface area contributed by atoms with Gasteiger partial charge in [0.05, 0.1) is 17.9 Å². The zero-order chi connectivity index (χ0) is 21.8. The van der Waals surface area contributed by atoms with Gasteiger partial charge in [-0.2, -0.15) is 5.10 Å². The molecule has 0 bridgehead atoms. The molecule has 3 aromatic rings. The maximum absolute atomic E-state index is 13.0. The fourth-order valence-corrected chi connectivity index (χ4v) is 4.22. The molecule has 1 N–H and O–H groups in total. The molecule has 7 heteroatoms. The molecular formula is C24H28N4O3. The Morgan fingerprint density at radius 2 is 1.84 bits per heavy atom. The number of benzene rings is 2. The van der Waals surface area contributed by atoms with Crippen molar-refractivity contribution in [2.75, 3.05) is 19.7 Å². The van der Waals surface area contributed by atoms with Gasteiger partial charge in [0.25, 0.3) is 5.91 Å². The molecule has 1 saturated heterocycles. The third-order valence-corrected chi connectivity index (χ3v) is 5.89. The van der Waals surface area contributed by atoms with E-state index in [-0.39, 0.29) is 11.6 Å². The maximum atomic E-state index is 13.0. The van der Waals surface area contributed by atoms with Gasteiger partial charge >= 0.3 is 5.69 Å². The van der Waals surface area contributed by atoms with Crippen molar-refractivity contribution in [3.63, 3.8) is 0 Å². The number of aromatic nitrogens is 3. The first-order valence-electron chi connectivity index (χ1n) is 10.8. The van der Waals surface area contributed by atoms with Gasteiger partial charge in [0.2, 0.25) is 0 Å². The summed E-state index contributed by atoms with van der Waals surface area (Å²) < 4.78 is 7.30. The summed E-state index contributed by atoms with van der Waals surface area (Å²) in [6.07, 6.45) is 2.44. The molecule has 0 atom stereocenters. The first-order valence-corrected chi connectivity index (χ1v) is 10.8. The lowest BCUT2D eigenvalue weighted by Gasteiger charge is -2.32. The minimum Gasteiger partial charge on any atom is -0.493 e. The lowest BCUT2D eigenvalue weighted by atomic mass is 9.92. The van der Waals surface area contributed by atoms with E-state index in [9.17, 15) is 9.59 Å². The third-order valence-electron chi connectivity index (χ3n) is 5.89. The molecule has 1 aliphatic heterocycles. The Balaban J connectivity index is 1.44. The number of likely N-dealkylation sites (tertiary alicyclic amines) is 1. The van der Waals surface area contributed by atoms with Crippen LogP contribution in [0.15, 0.2) is 53.3 Å². The quantitative estimate of drug-likeness (QED) is 0.663. The van der Waals surface area contributed by atoms with E-state index in [1.165, 1.54) is 0 Å². The van der Waals surface area contributed by atoms with Crippen LogP contribution in [0.5, 0.6) is 5.75 Å². The summed E-state index contributed by atoms with van der Waals surface area (Å²) in [5.74, 6) is 1.75. The van der Waals surface area contributed by atoms with Gasteiger partial charge in [-0.1, -0.05) is 30.3 Å². The van der Waals surface area contributed by atoms with Gasteiger partial charge in [-0.3, -0.25) is 4.79 Å². The summed E-state index contributed by atoms with van der Waals surface area (Å²) in [6.45, 7) is 5.80. The molecule has 0 radical (unpaired) electrons. The second kappa shape index (κ2) is 9.20. The number of para-hydroxylation sites is 2. The molecule has 0 saturated carbocycles. The average molecular weight is 421 g/mol. The second-order valence-corrected chi connectivity index (χ2v) is 7.94. The molecule has 1 aliphatic rings. The number of aromatic amines is 1. The molecule has 162 valence electrons. The number of hydrogen-bond donors (Lipinski definition) is 1. The zero-order valence-corrected chi connectivity index (χ0v) is 18.0. The van der Waals surface area contributed by atoms with Crippen molar-refractivity contribution in [2.24, 2.45) is 5.92 Å². The van der Waals surface area contributed by atoms with Gasteiger partial charge < -0.3 is 9.64 Å². The van der Waals surface area contributed by atoms with E-state index in [2.05, 4.69) is 10.2 Å². The SMILES string of the molecule is CCOc1ccccc1C(=O)N1CCC(Cc2n[nH]c(=O)n2-c2ccccc2C)CC1. The summed E-state index contributed by atoms with van der Waals surface area (Å²) in [7, 11) is 0. The molecule has 2 heterocycles.